The van der Waals surface area contributed by atoms with Gasteiger partial charge in [-0.15, -0.1) is 0 Å². The van der Waals surface area contributed by atoms with Crippen molar-refractivity contribution in [3.05, 3.63) is 103 Å². The Morgan fingerprint density at radius 2 is 1.75 bits per heavy atom. The third-order valence-corrected chi connectivity index (χ3v) is 9.35. The highest BCUT2D eigenvalue weighted by atomic mass is 31.2. The summed E-state index contributed by atoms with van der Waals surface area (Å²) in [5.41, 5.74) is 3.05. The highest BCUT2D eigenvalue weighted by molar-refractivity contribution is 7.78. The quantitative estimate of drug-likeness (QED) is 0.236. The van der Waals surface area contributed by atoms with Gasteiger partial charge in [-0.25, -0.2) is 0 Å². The van der Waals surface area contributed by atoms with Crippen LogP contribution in [0.2, 0.25) is 0 Å². The summed E-state index contributed by atoms with van der Waals surface area (Å²) in [6.45, 7) is 9.90. The number of aromatic nitrogens is 3. The Kier molecular flexibility index (Phi) is 7.35. The van der Waals surface area contributed by atoms with Crippen LogP contribution in [0.3, 0.4) is 0 Å². The summed E-state index contributed by atoms with van der Waals surface area (Å²) in [7, 11) is -2.79. The third-order valence-electron chi connectivity index (χ3n) is 6.80. The van der Waals surface area contributed by atoms with Gasteiger partial charge in [-0.3, -0.25) is 14.5 Å². The molecule has 1 atom stereocenters. The molecule has 0 bridgehead atoms. The number of nitrogens with one attached hydrogen (secondary N) is 1. The van der Waals surface area contributed by atoms with E-state index in [1.807, 2.05) is 90.6 Å². The summed E-state index contributed by atoms with van der Waals surface area (Å²) in [4.78, 5) is 17.2. The second-order valence-electron chi connectivity index (χ2n) is 11.0. The number of ether oxygens (including phenoxy) is 1. The van der Waals surface area contributed by atoms with Gasteiger partial charge in [0, 0.05) is 28.4 Å². The van der Waals surface area contributed by atoms with Gasteiger partial charge in [0.25, 0.3) is 0 Å². The summed E-state index contributed by atoms with van der Waals surface area (Å²) < 4.78 is 21.9. The molecule has 0 fully saturated rings. The molecule has 40 heavy (non-hydrogen) atoms. The molecule has 0 unspecified atom stereocenters. The van der Waals surface area contributed by atoms with Gasteiger partial charge in [0.2, 0.25) is 5.91 Å². The molecule has 0 aliphatic heterocycles. The third kappa shape index (κ3) is 5.85. The molecule has 3 aromatic carbocycles. The maximum Gasteiger partial charge on any atom is 0.228 e. The van der Waals surface area contributed by atoms with Crippen molar-refractivity contribution >= 4 is 40.2 Å². The number of fused-ring (bicyclic) bond motifs is 1. The highest BCUT2D eigenvalue weighted by Crippen LogP contribution is 2.40. The fourth-order valence-corrected chi connectivity index (χ4v) is 6.30. The summed E-state index contributed by atoms with van der Waals surface area (Å²) in [6.07, 6.45) is 5.43. The van der Waals surface area contributed by atoms with Crippen LogP contribution in [0.4, 0.5) is 5.69 Å². The number of aryl methyl sites for hydroxylation is 1. The fraction of sp³-hybridized carbons (Fsp3) is 0.219. The van der Waals surface area contributed by atoms with E-state index in [1.54, 1.807) is 19.1 Å². The molecule has 2 heterocycles. The van der Waals surface area contributed by atoms with E-state index < -0.39 is 7.14 Å². The molecule has 7 nitrogen and oxygen atoms in total. The molecule has 5 rings (SSSR count). The minimum absolute atomic E-state index is 0.114. The molecule has 0 radical (unpaired) electrons. The first-order valence-electron chi connectivity index (χ1n) is 13.2. The summed E-state index contributed by atoms with van der Waals surface area (Å²) >= 11 is 0. The van der Waals surface area contributed by atoms with Crippen LogP contribution in [0.25, 0.3) is 10.9 Å². The van der Waals surface area contributed by atoms with Crippen molar-refractivity contribution in [1.82, 2.24) is 14.8 Å². The van der Waals surface area contributed by atoms with Crippen molar-refractivity contribution in [2.45, 2.75) is 39.7 Å². The molecule has 204 valence electrons. The number of amides is 1. The predicted octanol–water partition coefficient (Wildman–Crippen LogP) is 6.41. The van der Waals surface area contributed by atoms with Gasteiger partial charge in [-0.1, -0.05) is 42.5 Å². The van der Waals surface area contributed by atoms with Gasteiger partial charge >= 0.3 is 0 Å². The lowest BCUT2D eigenvalue weighted by Crippen LogP contribution is -2.22. The molecular formula is C32H33N4O3P. The topological polar surface area (TPSA) is 86.1 Å². The lowest BCUT2D eigenvalue weighted by molar-refractivity contribution is -0.115. The van der Waals surface area contributed by atoms with Gasteiger partial charge < -0.3 is 14.6 Å². The predicted molar refractivity (Wildman–Crippen MR) is 162 cm³/mol. The van der Waals surface area contributed by atoms with E-state index in [9.17, 15) is 9.36 Å². The number of hydrogen-bond donors (Lipinski definition) is 1. The number of anilines is 1. The number of carbonyl (C=O) groups excluding carboxylic acids is 1. The van der Waals surface area contributed by atoms with E-state index in [4.69, 9.17) is 4.74 Å². The zero-order chi connectivity index (χ0) is 28.5. The SMILES string of the molecule is Cc1cc(CC(=O)Nc2cnn(C(C)(C)C)c2)ccc1Oc1ccnc2ccc([P@@](C)(=O)c3ccccc3)cc12. The maximum absolute atomic E-state index is 13.8. The summed E-state index contributed by atoms with van der Waals surface area (Å²) in [5.74, 6) is 1.19. The van der Waals surface area contributed by atoms with Gasteiger partial charge in [-0.05, 0) is 75.8 Å². The van der Waals surface area contributed by atoms with Crippen LogP contribution in [-0.4, -0.2) is 27.3 Å². The van der Waals surface area contributed by atoms with Crippen LogP contribution in [0.1, 0.15) is 31.9 Å². The normalized spacial score (nSPS) is 13.1. The van der Waals surface area contributed by atoms with E-state index in [-0.39, 0.29) is 17.9 Å². The largest absolute Gasteiger partial charge is 0.456 e. The van der Waals surface area contributed by atoms with Crippen LogP contribution in [0.5, 0.6) is 11.5 Å². The lowest BCUT2D eigenvalue weighted by Gasteiger charge is -2.18. The van der Waals surface area contributed by atoms with Crippen molar-refractivity contribution in [3.8, 4) is 11.5 Å². The Hall–Kier alpha value is -4.22. The molecule has 2 aromatic heterocycles. The number of rotatable bonds is 7. The first-order chi connectivity index (χ1) is 19.0. The van der Waals surface area contributed by atoms with Crippen molar-refractivity contribution in [1.29, 1.82) is 0 Å². The Labute approximate surface area is 234 Å². The molecule has 0 aliphatic rings. The molecule has 1 amide bonds. The summed E-state index contributed by atoms with van der Waals surface area (Å²) in [6, 6.07) is 22.7. The Morgan fingerprint density at radius 1 is 0.975 bits per heavy atom. The lowest BCUT2D eigenvalue weighted by atomic mass is 10.1. The smallest absolute Gasteiger partial charge is 0.228 e. The Morgan fingerprint density at radius 3 is 2.45 bits per heavy atom. The van der Waals surface area contributed by atoms with E-state index in [0.717, 1.165) is 32.6 Å². The van der Waals surface area contributed by atoms with Gasteiger partial charge in [0.05, 0.1) is 29.4 Å². The molecule has 5 aromatic rings. The van der Waals surface area contributed by atoms with Crippen LogP contribution in [0.15, 0.2) is 91.4 Å². The minimum atomic E-state index is -2.79. The molecule has 0 saturated heterocycles. The maximum atomic E-state index is 13.8. The first kappa shape index (κ1) is 27.4. The van der Waals surface area contributed by atoms with Gasteiger partial charge in [0.15, 0.2) is 0 Å². The zero-order valence-corrected chi connectivity index (χ0v) is 24.3. The molecule has 1 N–H and O–H groups in total. The number of hydrogen-bond acceptors (Lipinski definition) is 5. The second kappa shape index (κ2) is 10.7. The molecule has 0 saturated carbocycles. The van der Waals surface area contributed by atoms with E-state index in [1.165, 1.54) is 0 Å². The Balaban J connectivity index is 1.34. The van der Waals surface area contributed by atoms with E-state index in [0.29, 0.717) is 17.2 Å². The van der Waals surface area contributed by atoms with Crippen molar-refractivity contribution in [3.63, 3.8) is 0 Å². The molecule has 0 spiro atoms. The van der Waals surface area contributed by atoms with Gasteiger partial charge in [0.1, 0.15) is 18.6 Å². The number of pyridine rings is 1. The molecule has 8 heteroatoms. The zero-order valence-electron chi connectivity index (χ0n) is 23.4. The molecule has 0 aliphatic carbocycles. The number of carbonyl (C=O) groups is 1. The fourth-order valence-electron chi connectivity index (χ4n) is 4.52. The highest BCUT2D eigenvalue weighted by Gasteiger charge is 2.22. The van der Waals surface area contributed by atoms with Crippen LogP contribution >= 0.6 is 7.14 Å². The van der Waals surface area contributed by atoms with Crippen molar-refractivity contribution < 1.29 is 14.1 Å². The van der Waals surface area contributed by atoms with Gasteiger partial charge in [-0.2, -0.15) is 5.10 Å². The van der Waals surface area contributed by atoms with E-state index in [2.05, 4.69) is 36.2 Å². The second-order valence-corrected chi connectivity index (χ2v) is 13.9. The van der Waals surface area contributed by atoms with Crippen LogP contribution < -0.4 is 20.7 Å². The number of nitrogens with zero attached hydrogens (tertiary/aromatic N) is 3. The van der Waals surface area contributed by atoms with Crippen LogP contribution in [-0.2, 0) is 21.3 Å². The number of benzene rings is 3. The first-order valence-corrected chi connectivity index (χ1v) is 15.3. The molecular weight excluding hydrogens is 519 g/mol. The standard InChI is InChI=1S/C32H33N4O3P/c1-22-17-23(18-31(37)35-24-20-34-36(21-24)32(2,3)4)11-14-29(22)39-30-15-16-33-28-13-12-26(19-27(28)30)40(5,38)25-9-7-6-8-10-25/h6-17,19-21H,18H2,1-5H3,(H,35,37)/t40-/m0/s1. The van der Waals surface area contributed by atoms with E-state index >= 15 is 0 Å². The van der Waals surface area contributed by atoms with Crippen molar-refractivity contribution in [2.75, 3.05) is 12.0 Å². The monoisotopic (exact) mass is 552 g/mol. The van der Waals surface area contributed by atoms with Crippen molar-refractivity contribution in [2.24, 2.45) is 0 Å². The average molecular weight is 553 g/mol. The minimum Gasteiger partial charge on any atom is -0.456 e. The Bertz CT molecular complexity index is 1740. The summed E-state index contributed by atoms with van der Waals surface area (Å²) in [5, 5.41) is 9.60. The van der Waals surface area contributed by atoms with Crippen LogP contribution in [0, 0.1) is 6.92 Å². The average Bonchev–Trinajstić information content (AvgIpc) is 3.39.